The second kappa shape index (κ2) is 4.78. The second-order valence-electron chi connectivity index (χ2n) is 4.30. The summed E-state index contributed by atoms with van der Waals surface area (Å²) in [4.78, 5) is 4.21. The molecular formula is C14H14N2O3. The van der Waals surface area contributed by atoms with Crippen molar-refractivity contribution in [1.82, 2.24) is 4.98 Å². The van der Waals surface area contributed by atoms with Gasteiger partial charge in [-0.1, -0.05) is 6.07 Å². The molecule has 2 aromatic rings. The van der Waals surface area contributed by atoms with Crippen molar-refractivity contribution in [2.24, 2.45) is 5.73 Å². The minimum Gasteiger partial charge on any atom is -0.454 e. The van der Waals surface area contributed by atoms with Crippen molar-refractivity contribution in [3.05, 3.63) is 42.1 Å². The molecule has 2 N–H and O–H groups in total. The maximum absolute atomic E-state index is 5.89. The minimum absolute atomic E-state index is 0.141. The van der Waals surface area contributed by atoms with Crippen LogP contribution in [0.1, 0.15) is 18.5 Å². The molecule has 5 heteroatoms. The normalized spacial score (nSPS) is 14.2. The summed E-state index contributed by atoms with van der Waals surface area (Å²) in [6, 6.07) is 9.00. The maximum Gasteiger partial charge on any atom is 0.231 e. The number of pyridine rings is 1. The molecule has 2 heterocycles. The van der Waals surface area contributed by atoms with E-state index in [2.05, 4.69) is 4.98 Å². The van der Waals surface area contributed by atoms with Crippen LogP contribution in [0.25, 0.3) is 0 Å². The smallest absolute Gasteiger partial charge is 0.231 e. The van der Waals surface area contributed by atoms with E-state index in [1.807, 2.05) is 31.2 Å². The van der Waals surface area contributed by atoms with E-state index in [0.717, 1.165) is 11.3 Å². The van der Waals surface area contributed by atoms with Gasteiger partial charge in [0.1, 0.15) is 5.75 Å². The van der Waals surface area contributed by atoms with E-state index in [1.165, 1.54) is 0 Å². The van der Waals surface area contributed by atoms with E-state index in [-0.39, 0.29) is 12.8 Å². The lowest BCUT2D eigenvalue weighted by molar-refractivity contribution is 0.174. The van der Waals surface area contributed by atoms with Gasteiger partial charge in [-0.25, -0.2) is 4.98 Å². The SMILES string of the molecule is CC(N)c1cccnc1Oc1ccc2c(c1)OCO2. The molecule has 19 heavy (non-hydrogen) atoms. The van der Waals surface area contributed by atoms with Crippen molar-refractivity contribution in [1.29, 1.82) is 0 Å². The lowest BCUT2D eigenvalue weighted by Crippen LogP contribution is -2.07. The van der Waals surface area contributed by atoms with Crippen LogP contribution in [-0.2, 0) is 0 Å². The monoisotopic (exact) mass is 258 g/mol. The molecule has 0 aliphatic carbocycles. The topological polar surface area (TPSA) is 66.6 Å². The zero-order valence-corrected chi connectivity index (χ0v) is 10.5. The number of nitrogens with zero attached hydrogens (tertiary/aromatic N) is 1. The van der Waals surface area contributed by atoms with Gasteiger partial charge in [0.05, 0.1) is 0 Å². The first kappa shape index (κ1) is 11.8. The highest BCUT2D eigenvalue weighted by molar-refractivity contribution is 5.48. The summed E-state index contributed by atoms with van der Waals surface area (Å²) in [6.45, 7) is 2.14. The average molecular weight is 258 g/mol. The standard InChI is InChI=1S/C14H14N2O3/c1-9(15)11-3-2-6-16-14(11)19-10-4-5-12-13(7-10)18-8-17-12/h2-7,9H,8,15H2,1H3. The molecule has 0 saturated carbocycles. The Morgan fingerprint density at radius 3 is 2.95 bits per heavy atom. The highest BCUT2D eigenvalue weighted by atomic mass is 16.7. The number of aromatic nitrogens is 1. The Balaban J connectivity index is 1.89. The van der Waals surface area contributed by atoms with E-state index >= 15 is 0 Å². The quantitative estimate of drug-likeness (QED) is 0.916. The Labute approximate surface area is 110 Å². The number of fused-ring (bicyclic) bond motifs is 1. The Kier molecular flexibility index (Phi) is 2.97. The number of hydrogen-bond donors (Lipinski definition) is 1. The Morgan fingerprint density at radius 1 is 1.26 bits per heavy atom. The largest absolute Gasteiger partial charge is 0.454 e. The van der Waals surface area contributed by atoms with Crippen molar-refractivity contribution >= 4 is 0 Å². The van der Waals surface area contributed by atoms with Crippen LogP contribution in [0, 0.1) is 0 Å². The molecule has 0 amide bonds. The summed E-state index contributed by atoms with van der Waals surface area (Å²) >= 11 is 0. The van der Waals surface area contributed by atoms with Crippen molar-refractivity contribution < 1.29 is 14.2 Å². The van der Waals surface area contributed by atoms with Crippen LogP contribution in [0.3, 0.4) is 0 Å². The molecule has 1 aromatic heterocycles. The van der Waals surface area contributed by atoms with Gasteiger partial charge in [0, 0.05) is 23.9 Å². The third-order valence-corrected chi connectivity index (χ3v) is 2.85. The van der Waals surface area contributed by atoms with Crippen LogP contribution < -0.4 is 19.9 Å². The number of ether oxygens (including phenoxy) is 3. The van der Waals surface area contributed by atoms with Crippen molar-refractivity contribution in [2.75, 3.05) is 6.79 Å². The molecule has 98 valence electrons. The molecule has 1 aromatic carbocycles. The highest BCUT2D eigenvalue weighted by Crippen LogP contribution is 2.37. The van der Waals surface area contributed by atoms with Crippen LogP contribution in [0.2, 0.25) is 0 Å². The van der Waals surface area contributed by atoms with E-state index in [4.69, 9.17) is 19.9 Å². The van der Waals surface area contributed by atoms with Crippen LogP contribution >= 0.6 is 0 Å². The van der Waals surface area contributed by atoms with Crippen molar-refractivity contribution in [3.63, 3.8) is 0 Å². The number of rotatable bonds is 3. The Bertz CT molecular complexity index is 599. The third-order valence-electron chi connectivity index (χ3n) is 2.85. The molecule has 1 aliphatic heterocycles. The molecule has 3 rings (SSSR count). The fourth-order valence-electron chi connectivity index (χ4n) is 1.89. The van der Waals surface area contributed by atoms with Gasteiger partial charge in [-0.15, -0.1) is 0 Å². The van der Waals surface area contributed by atoms with Crippen LogP contribution in [-0.4, -0.2) is 11.8 Å². The lowest BCUT2D eigenvalue weighted by atomic mass is 10.1. The maximum atomic E-state index is 5.89. The van der Waals surface area contributed by atoms with E-state index in [1.54, 1.807) is 12.3 Å². The van der Waals surface area contributed by atoms with Gasteiger partial charge in [-0.2, -0.15) is 0 Å². The molecule has 0 radical (unpaired) electrons. The first-order chi connectivity index (χ1) is 9.24. The summed E-state index contributed by atoms with van der Waals surface area (Å²) < 4.78 is 16.3. The number of hydrogen-bond acceptors (Lipinski definition) is 5. The molecule has 0 bridgehead atoms. The van der Waals surface area contributed by atoms with Crippen LogP contribution in [0.5, 0.6) is 23.1 Å². The summed E-state index contributed by atoms with van der Waals surface area (Å²) in [5, 5.41) is 0. The molecule has 1 unspecified atom stereocenters. The van der Waals surface area contributed by atoms with E-state index in [9.17, 15) is 0 Å². The predicted octanol–water partition coefficient (Wildman–Crippen LogP) is 2.62. The second-order valence-corrected chi connectivity index (χ2v) is 4.30. The number of nitrogens with two attached hydrogens (primary N) is 1. The van der Waals surface area contributed by atoms with E-state index < -0.39 is 0 Å². The minimum atomic E-state index is -0.141. The lowest BCUT2D eigenvalue weighted by Gasteiger charge is -2.12. The van der Waals surface area contributed by atoms with Crippen LogP contribution in [0.4, 0.5) is 0 Å². The summed E-state index contributed by atoms with van der Waals surface area (Å²) in [5.41, 5.74) is 6.75. The Hall–Kier alpha value is -2.27. The van der Waals surface area contributed by atoms with Crippen molar-refractivity contribution in [2.45, 2.75) is 13.0 Å². The van der Waals surface area contributed by atoms with Gasteiger partial charge in [-0.3, -0.25) is 0 Å². The van der Waals surface area contributed by atoms with Gasteiger partial charge in [-0.05, 0) is 25.1 Å². The summed E-state index contributed by atoms with van der Waals surface area (Å²) in [5.74, 6) is 2.55. The predicted molar refractivity (Wildman–Crippen MR) is 69.5 cm³/mol. The van der Waals surface area contributed by atoms with Crippen LogP contribution in [0.15, 0.2) is 36.5 Å². The molecular weight excluding hydrogens is 244 g/mol. The van der Waals surface area contributed by atoms with Gasteiger partial charge in [0.15, 0.2) is 11.5 Å². The molecule has 0 saturated heterocycles. The Morgan fingerprint density at radius 2 is 2.11 bits per heavy atom. The van der Waals surface area contributed by atoms with Gasteiger partial charge in [0.25, 0.3) is 0 Å². The fraction of sp³-hybridized carbons (Fsp3) is 0.214. The average Bonchev–Trinajstić information content (AvgIpc) is 2.86. The highest BCUT2D eigenvalue weighted by Gasteiger charge is 2.15. The molecule has 5 nitrogen and oxygen atoms in total. The van der Waals surface area contributed by atoms with Gasteiger partial charge >= 0.3 is 0 Å². The first-order valence-electron chi connectivity index (χ1n) is 6.02. The molecule has 1 atom stereocenters. The number of benzene rings is 1. The summed E-state index contributed by atoms with van der Waals surface area (Å²) in [6.07, 6.45) is 1.67. The van der Waals surface area contributed by atoms with Crippen molar-refractivity contribution in [3.8, 4) is 23.1 Å². The molecule has 0 fully saturated rings. The van der Waals surface area contributed by atoms with Gasteiger partial charge in [0.2, 0.25) is 12.7 Å². The third kappa shape index (κ3) is 2.32. The zero-order valence-electron chi connectivity index (χ0n) is 10.5. The van der Waals surface area contributed by atoms with Gasteiger partial charge < -0.3 is 19.9 Å². The zero-order chi connectivity index (χ0) is 13.2. The molecule has 0 spiro atoms. The first-order valence-corrected chi connectivity index (χ1v) is 6.02. The molecule has 1 aliphatic rings. The summed E-state index contributed by atoms with van der Waals surface area (Å²) in [7, 11) is 0. The fourth-order valence-corrected chi connectivity index (χ4v) is 1.89. The van der Waals surface area contributed by atoms with E-state index in [0.29, 0.717) is 17.4 Å².